The van der Waals surface area contributed by atoms with E-state index in [1.165, 1.54) is 6.33 Å². The van der Waals surface area contributed by atoms with Crippen molar-refractivity contribution < 1.29 is 14.3 Å². The Balaban J connectivity index is 1.44. The molecule has 1 aromatic heterocycles. The zero-order valence-electron chi connectivity index (χ0n) is 21.4. The molecular formula is C29H27Cl2N5O3. The standard InChI is InChI=1S/C29H27Cl2N5O3/c1-3-38-25-14-21(10-12-24(25)39-16-20-9-11-22(30)23(31)13-20)27-26(18(2)35-29-33-17-34-36(27)29)28(37)32-15-19-7-5-4-6-8-19/h4-14,17,27H,3,15-16H2,1-2H3,(H,32,37)(H,33,34,35)/t27-/m0/s1. The first-order valence-corrected chi connectivity index (χ1v) is 13.2. The van der Waals surface area contributed by atoms with Crippen molar-refractivity contribution in [2.75, 3.05) is 11.9 Å². The first-order chi connectivity index (χ1) is 18.9. The van der Waals surface area contributed by atoms with Gasteiger partial charge in [-0.1, -0.05) is 65.7 Å². The number of allylic oxidation sites excluding steroid dienone is 1. The lowest BCUT2D eigenvalue weighted by Crippen LogP contribution is -2.34. The third-order valence-corrected chi connectivity index (χ3v) is 7.04. The van der Waals surface area contributed by atoms with Crippen LogP contribution >= 0.6 is 23.2 Å². The molecule has 0 saturated carbocycles. The molecule has 1 aliphatic rings. The first kappa shape index (κ1) is 26.6. The number of hydrogen-bond donors (Lipinski definition) is 2. The fraction of sp³-hybridized carbons (Fsp3) is 0.207. The molecule has 3 aromatic carbocycles. The molecule has 10 heteroatoms. The summed E-state index contributed by atoms with van der Waals surface area (Å²) >= 11 is 12.2. The van der Waals surface area contributed by atoms with Crippen molar-refractivity contribution in [1.82, 2.24) is 20.1 Å². The van der Waals surface area contributed by atoms with E-state index in [2.05, 4.69) is 20.7 Å². The molecule has 0 bridgehead atoms. The second-order valence-corrected chi connectivity index (χ2v) is 9.75. The van der Waals surface area contributed by atoms with E-state index in [9.17, 15) is 4.79 Å². The number of nitrogens with zero attached hydrogens (tertiary/aromatic N) is 3. The Morgan fingerprint density at radius 2 is 1.82 bits per heavy atom. The number of ether oxygens (including phenoxy) is 2. The van der Waals surface area contributed by atoms with E-state index in [1.807, 2.05) is 68.4 Å². The Morgan fingerprint density at radius 3 is 2.59 bits per heavy atom. The summed E-state index contributed by atoms with van der Waals surface area (Å²) in [5.74, 6) is 1.47. The minimum atomic E-state index is -0.525. The van der Waals surface area contributed by atoms with Crippen molar-refractivity contribution >= 4 is 35.1 Å². The van der Waals surface area contributed by atoms with Gasteiger partial charge in [0.2, 0.25) is 5.95 Å². The molecular weight excluding hydrogens is 537 g/mol. The average Bonchev–Trinajstić information content (AvgIpc) is 3.41. The van der Waals surface area contributed by atoms with Crippen molar-refractivity contribution in [3.63, 3.8) is 0 Å². The van der Waals surface area contributed by atoms with Crippen LogP contribution in [0.3, 0.4) is 0 Å². The van der Waals surface area contributed by atoms with Crippen molar-refractivity contribution in [3.05, 3.63) is 111 Å². The van der Waals surface area contributed by atoms with Crippen LogP contribution in [0.2, 0.25) is 10.0 Å². The van der Waals surface area contributed by atoms with Crippen molar-refractivity contribution in [2.24, 2.45) is 0 Å². The zero-order chi connectivity index (χ0) is 27.4. The average molecular weight is 564 g/mol. The number of nitrogens with one attached hydrogen (secondary N) is 2. The van der Waals surface area contributed by atoms with E-state index in [1.54, 1.807) is 16.8 Å². The van der Waals surface area contributed by atoms with Gasteiger partial charge < -0.3 is 20.1 Å². The van der Waals surface area contributed by atoms with Gasteiger partial charge in [0.15, 0.2) is 11.5 Å². The number of rotatable bonds is 9. The SMILES string of the molecule is CCOc1cc([C@H]2C(C(=O)NCc3ccccc3)=C(C)Nc3ncnn32)ccc1OCc1ccc(Cl)c(Cl)c1. The minimum Gasteiger partial charge on any atom is -0.490 e. The predicted octanol–water partition coefficient (Wildman–Crippen LogP) is 6.17. The zero-order valence-corrected chi connectivity index (χ0v) is 23.0. The minimum absolute atomic E-state index is 0.201. The van der Waals surface area contributed by atoms with Crippen LogP contribution in [0.1, 0.15) is 36.6 Å². The number of fused-ring (bicyclic) bond motifs is 1. The largest absolute Gasteiger partial charge is 0.490 e. The van der Waals surface area contributed by atoms with Crippen molar-refractivity contribution in [2.45, 2.75) is 33.0 Å². The van der Waals surface area contributed by atoms with Gasteiger partial charge in [0.25, 0.3) is 5.91 Å². The van der Waals surface area contributed by atoms with Crippen LogP contribution in [0.4, 0.5) is 5.95 Å². The lowest BCUT2D eigenvalue weighted by molar-refractivity contribution is -0.118. The highest BCUT2D eigenvalue weighted by Crippen LogP contribution is 2.39. The molecule has 0 spiro atoms. The molecule has 1 amide bonds. The molecule has 39 heavy (non-hydrogen) atoms. The Hall–Kier alpha value is -4.01. The molecule has 0 saturated heterocycles. The molecule has 2 N–H and O–H groups in total. The van der Waals surface area contributed by atoms with Gasteiger partial charge in [-0.3, -0.25) is 4.79 Å². The molecule has 2 heterocycles. The predicted molar refractivity (Wildman–Crippen MR) is 151 cm³/mol. The monoisotopic (exact) mass is 563 g/mol. The normalized spacial score (nSPS) is 14.4. The van der Waals surface area contributed by atoms with Gasteiger partial charge in [0, 0.05) is 12.2 Å². The maximum atomic E-state index is 13.5. The summed E-state index contributed by atoms with van der Waals surface area (Å²) in [7, 11) is 0. The molecule has 0 unspecified atom stereocenters. The number of anilines is 1. The summed E-state index contributed by atoms with van der Waals surface area (Å²) in [6, 6.07) is 20.2. The Labute approximate surface area is 236 Å². The number of carbonyl (C=O) groups is 1. The molecule has 1 atom stereocenters. The number of aromatic nitrogens is 3. The van der Waals surface area contributed by atoms with Crippen LogP contribution in [0, 0.1) is 0 Å². The quantitative estimate of drug-likeness (QED) is 0.253. The summed E-state index contributed by atoms with van der Waals surface area (Å²) in [6.07, 6.45) is 1.46. The summed E-state index contributed by atoms with van der Waals surface area (Å²) in [4.78, 5) is 17.9. The second kappa shape index (κ2) is 11.8. The van der Waals surface area contributed by atoms with E-state index < -0.39 is 6.04 Å². The summed E-state index contributed by atoms with van der Waals surface area (Å²) in [6.45, 7) is 4.89. The van der Waals surface area contributed by atoms with Gasteiger partial charge in [0.1, 0.15) is 19.0 Å². The topological polar surface area (TPSA) is 90.3 Å². The molecule has 5 rings (SSSR count). The van der Waals surface area contributed by atoms with Gasteiger partial charge in [0.05, 0.1) is 22.2 Å². The highest BCUT2D eigenvalue weighted by atomic mass is 35.5. The maximum Gasteiger partial charge on any atom is 0.251 e. The number of amides is 1. The molecule has 4 aromatic rings. The van der Waals surface area contributed by atoms with E-state index in [4.69, 9.17) is 32.7 Å². The van der Waals surface area contributed by atoms with Crippen LogP contribution < -0.4 is 20.1 Å². The van der Waals surface area contributed by atoms with E-state index in [-0.39, 0.29) is 12.5 Å². The van der Waals surface area contributed by atoms with Gasteiger partial charge in [-0.25, -0.2) is 4.68 Å². The third-order valence-electron chi connectivity index (χ3n) is 6.30. The van der Waals surface area contributed by atoms with Gasteiger partial charge in [-0.15, -0.1) is 0 Å². The van der Waals surface area contributed by atoms with Crippen LogP contribution in [-0.4, -0.2) is 27.3 Å². The molecule has 1 aliphatic heterocycles. The van der Waals surface area contributed by atoms with Gasteiger partial charge >= 0.3 is 0 Å². The van der Waals surface area contributed by atoms with Crippen LogP contribution in [0.25, 0.3) is 0 Å². The van der Waals surface area contributed by atoms with E-state index >= 15 is 0 Å². The summed E-state index contributed by atoms with van der Waals surface area (Å²) in [5, 5.41) is 11.6. The summed E-state index contributed by atoms with van der Waals surface area (Å²) in [5.41, 5.74) is 3.92. The second-order valence-electron chi connectivity index (χ2n) is 8.94. The van der Waals surface area contributed by atoms with E-state index in [0.29, 0.717) is 51.9 Å². The number of halogens is 2. The molecule has 0 radical (unpaired) electrons. The Morgan fingerprint density at radius 1 is 1.00 bits per heavy atom. The highest BCUT2D eigenvalue weighted by Gasteiger charge is 2.34. The van der Waals surface area contributed by atoms with Gasteiger partial charge in [-0.05, 0) is 54.8 Å². The summed E-state index contributed by atoms with van der Waals surface area (Å²) < 4.78 is 13.7. The van der Waals surface area contributed by atoms with Crippen molar-refractivity contribution in [1.29, 1.82) is 0 Å². The Bertz CT molecular complexity index is 1520. The van der Waals surface area contributed by atoms with E-state index in [0.717, 1.165) is 16.7 Å². The smallest absolute Gasteiger partial charge is 0.251 e. The van der Waals surface area contributed by atoms with Crippen LogP contribution in [0.5, 0.6) is 11.5 Å². The fourth-order valence-electron chi connectivity index (χ4n) is 4.44. The molecule has 0 fully saturated rings. The van der Waals surface area contributed by atoms with Crippen LogP contribution in [0.15, 0.2) is 84.3 Å². The number of carbonyl (C=O) groups excluding carboxylic acids is 1. The lowest BCUT2D eigenvalue weighted by Gasteiger charge is -2.29. The van der Waals surface area contributed by atoms with Gasteiger partial charge in [-0.2, -0.15) is 10.1 Å². The molecule has 0 aliphatic carbocycles. The van der Waals surface area contributed by atoms with Crippen LogP contribution in [-0.2, 0) is 17.9 Å². The van der Waals surface area contributed by atoms with Crippen molar-refractivity contribution in [3.8, 4) is 11.5 Å². The lowest BCUT2D eigenvalue weighted by atomic mass is 9.94. The highest BCUT2D eigenvalue weighted by molar-refractivity contribution is 6.42. The fourth-order valence-corrected chi connectivity index (χ4v) is 4.76. The third kappa shape index (κ3) is 5.87. The number of hydrogen-bond acceptors (Lipinski definition) is 6. The molecule has 200 valence electrons. The number of benzene rings is 3. The maximum absolute atomic E-state index is 13.5. The molecule has 8 nitrogen and oxygen atoms in total. The Kier molecular flexibility index (Phi) is 8.05. The first-order valence-electron chi connectivity index (χ1n) is 12.5.